The number of hydrogen-bond donors (Lipinski definition) is 0. The normalized spacial score (nSPS) is 10.0. The van der Waals surface area contributed by atoms with E-state index >= 15 is 0 Å². The van der Waals surface area contributed by atoms with E-state index in [1.54, 1.807) is 0 Å². The first-order valence-electron chi connectivity index (χ1n) is 4.56. The zero-order chi connectivity index (χ0) is 9.94. The Morgan fingerprint density at radius 3 is 2.46 bits per heavy atom. The van der Waals surface area contributed by atoms with E-state index in [0.717, 1.165) is 12.8 Å². The highest BCUT2D eigenvalue weighted by molar-refractivity contribution is 5.65. The van der Waals surface area contributed by atoms with Crippen LogP contribution in [0, 0.1) is 0 Å². The van der Waals surface area contributed by atoms with Crippen LogP contribution in [0.25, 0.3) is 0 Å². The van der Waals surface area contributed by atoms with Crippen molar-refractivity contribution in [3.63, 3.8) is 0 Å². The van der Waals surface area contributed by atoms with Crippen molar-refractivity contribution in [3.05, 3.63) is 0 Å². The molecule has 0 saturated carbocycles. The summed E-state index contributed by atoms with van der Waals surface area (Å²) in [6, 6.07) is 0. The molecule has 0 aromatic carbocycles. The summed E-state index contributed by atoms with van der Waals surface area (Å²) < 4.78 is 14.8. The smallest absolute Gasteiger partial charge is 0.302 e. The van der Waals surface area contributed by atoms with Crippen LogP contribution in [0.1, 0.15) is 26.7 Å². The second kappa shape index (κ2) is 9.48. The van der Waals surface area contributed by atoms with Gasteiger partial charge in [0.1, 0.15) is 6.79 Å². The van der Waals surface area contributed by atoms with E-state index in [4.69, 9.17) is 14.2 Å². The van der Waals surface area contributed by atoms with Gasteiger partial charge in [-0.2, -0.15) is 0 Å². The molecule has 0 aliphatic carbocycles. The fourth-order valence-corrected chi connectivity index (χ4v) is 0.723. The molecule has 0 unspecified atom stereocenters. The van der Waals surface area contributed by atoms with Crippen molar-refractivity contribution in [3.8, 4) is 0 Å². The molecule has 4 nitrogen and oxygen atoms in total. The molecule has 0 fully saturated rings. The fourth-order valence-electron chi connectivity index (χ4n) is 0.723. The summed E-state index contributed by atoms with van der Waals surface area (Å²) in [5, 5.41) is 0. The number of ether oxygens (including phenoxy) is 3. The minimum absolute atomic E-state index is 0.227. The molecule has 0 aromatic heterocycles. The standard InChI is InChI=1S/C9H18O4/c1-3-11-8-12-6-4-5-7-13-9(2)10/h3-8H2,1-2H3. The maximum Gasteiger partial charge on any atom is 0.302 e. The minimum Gasteiger partial charge on any atom is -0.466 e. The van der Waals surface area contributed by atoms with Gasteiger partial charge < -0.3 is 14.2 Å². The number of unbranched alkanes of at least 4 members (excludes halogenated alkanes) is 1. The van der Waals surface area contributed by atoms with Crippen LogP contribution >= 0.6 is 0 Å². The average Bonchev–Trinajstić information content (AvgIpc) is 2.09. The largest absolute Gasteiger partial charge is 0.466 e. The molecule has 78 valence electrons. The summed E-state index contributed by atoms with van der Waals surface area (Å²) in [5.41, 5.74) is 0. The molecule has 4 heteroatoms. The van der Waals surface area contributed by atoms with Gasteiger partial charge in [0.05, 0.1) is 6.61 Å². The monoisotopic (exact) mass is 190 g/mol. The van der Waals surface area contributed by atoms with E-state index in [0.29, 0.717) is 26.6 Å². The highest BCUT2D eigenvalue weighted by Gasteiger charge is 1.93. The van der Waals surface area contributed by atoms with Crippen molar-refractivity contribution in [1.29, 1.82) is 0 Å². The molecular formula is C9H18O4. The SMILES string of the molecule is CCOCOCCCCOC(C)=O. The molecule has 0 saturated heterocycles. The van der Waals surface area contributed by atoms with E-state index in [9.17, 15) is 4.79 Å². The Labute approximate surface area is 79.2 Å². The van der Waals surface area contributed by atoms with Crippen LogP contribution in [0.15, 0.2) is 0 Å². The predicted molar refractivity (Wildman–Crippen MR) is 48.3 cm³/mol. The van der Waals surface area contributed by atoms with Gasteiger partial charge in [-0.1, -0.05) is 0 Å². The molecular weight excluding hydrogens is 172 g/mol. The molecule has 0 bridgehead atoms. The predicted octanol–water partition coefficient (Wildman–Crippen LogP) is 1.34. The number of carbonyl (C=O) groups excluding carboxylic acids is 1. The van der Waals surface area contributed by atoms with Gasteiger partial charge in [0, 0.05) is 20.1 Å². The van der Waals surface area contributed by atoms with E-state index in [1.165, 1.54) is 6.92 Å². The number of esters is 1. The molecule has 0 spiro atoms. The minimum atomic E-state index is -0.227. The van der Waals surface area contributed by atoms with E-state index in [-0.39, 0.29) is 5.97 Å². The fraction of sp³-hybridized carbons (Fsp3) is 0.889. The maximum absolute atomic E-state index is 10.3. The first-order valence-corrected chi connectivity index (χ1v) is 4.56. The second-order valence-electron chi connectivity index (χ2n) is 2.57. The Hall–Kier alpha value is -0.610. The van der Waals surface area contributed by atoms with Crippen LogP contribution < -0.4 is 0 Å². The number of hydrogen-bond acceptors (Lipinski definition) is 4. The lowest BCUT2D eigenvalue weighted by Gasteiger charge is -2.03. The first-order chi connectivity index (χ1) is 6.27. The summed E-state index contributed by atoms with van der Waals surface area (Å²) in [5.74, 6) is -0.227. The molecule has 0 radical (unpaired) electrons. The van der Waals surface area contributed by atoms with Crippen molar-refractivity contribution < 1.29 is 19.0 Å². The average molecular weight is 190 g/mol. The molecule has 0 rings (SSSR count). The van der Waals surface area contributed by atoms with Gasteiger partial charge in [0.2, 0.25) is 0 Å². The van der Waals surface area contributed by atoms with E-state index < -0.39 is 0 Å². The summed E-state index contributed by atoms with van der Waals surface area (Å²) >= 11 is 0. The van der Waals surface area contributed by atoms with Gasteiger partial charge in [-0.25, -0.2) is 0 Å². The van der Waals surface area contributed by atoms with Crippen LogP contribution in [0.3, 0.4) is 0 Å². The summed E-state index contributed by atoms with van der Waals surface area (Å²) in [4.78, 5) is 10.3. The molecule has 0 atom stereocenters. The van der Waals surface area contributed by atoms with Crippen LogP contribution in [0.5, 0.6) is 0 Å². The summed E-state index contributed by atoms with van der Waals surface area (Å²) in [6.07, 6.45) is 1.73. The van der Waals surface area contributed by atoms with Crippen LogP contribution in [-0.4, -0.2) is 32.6 Å². The van der Waals surface area contributed by atoms with Gasteiger partial charge in [0.25, 0.3) is 0 Å². The highest BCUT2D eigenvalue weighted by atomic mass is 16.7. The van der Waals surface area contributed by atoms with Gasteiger partial charge in [-0.05, 0) is 19.8 Å². The molecule has 0 amide bonds. The lowest BCUT2D eigenvalue weighted by molar-refractivity contribution is -0.141. The van der Waals surface area contributed by atoms with E-state index in [1.807, 2.05) is 6.92 Å². The van der Waals surface area contributed by atoms with Gasteiger partial charge in [-0.3, -0.25) is 4.79 Å². The number of carbonyl (C=O) groups is 1. The summed E-state index contributed by atoms with van der Waals surface area (Å²) in [7, 11) is 0. The van der Waals surface area contributed by atoms with Gasteiger partial charge in [-0.15, -0.1) is 0 Å². The topological polar surface area (TPSA) is 44.8 Å². The molecule has 0 N–H and O–H groups in total. The van der Waals surface area contributed by atoms with Gasteiger partial charge >= 0.3 is 5.97 Å². The van der Waals surface area contributed by atoms with Crippen LogP contribution in [0.4, 0.5) is 0 Å². The van der Waals surface area contributed by atoms with Crippen molar-refractivity contribution >= 4 is 5.97 Å². The third-order valence-electron chi connectivity index (χ3n) is 1.36. The quantitative estimate of drug-likeness (QED) is 0.329. The van der Waals surface area contributed by atoms with Crippen molar-refractivity contribution in [2.75, 3.05) is 26.6 Å². The van der Waals surface area contributed by atoms with E-state index in [2.05, 4.69) is 0 Å². The zero-order valence-corrected chi connectivity index (χ0v) is 8.38. The van der Waals surface area contributed by atoms with Crippen molar-refractivity contribution in [2.24, 2.45) is 0 Å². The lowest BCUT2D eigenvalue weighted by atomic mass is 10.3. The number of rotatable bonds is 8. The summed E-state index contributed by atoms with van der Waals surface area (Å²) in [6.45, 7) is 5.49. The molecule has 0 heterocycles. The molecule has 0 aromatic rings. The second-order valence-corrected chi connectivity index (χ2v) is 2.57. The Kier molecular flexibility index (Phi) is 9.03. The van der Waals surface area contributed by atoms with Crippen LogP contribution in [0.2, 0.25) is 0 Å². The van der Waals surface area contributed by atoms with Crippen LogP contribution in [-0.2, 0) is 19.0 Å². The Bertz CT molecular complexity index is 125. The van der Waals surface area contributed by atoms with Crippen molar-refractivity contribution in [1.82, 2.24) is 0 Å². The van der Waals surface area contributed by atoms with Crippen molar-refractivity contribution in [2.45, 2.75) is 26.7 Å². The third-order valence-corrected chi connectivity index (χ3v) is 1.36. The maximum atomic E-state index is 10.3. The first kappa shape index (κ1) is 12.4. The molecule has 0 aliphatic heterocycles. The Morgan fingerprint density at radius 2 is 1.85 bits per heavy atom. The van der Waals surface area contributed by atoms with Gasteiger partial charge in [0.15, 0.2) is 0 Å². The molecule has 0 aliphatic rings. The third kappa shape index (κ3) is 11.4. The molecule has 13 heavy (non-hydrogen) atoms. The lowest BCUT2D eigenvalue weighted by Crippen LogP contribution is -2.04. The zero-order valence-electron chi connectivity index (χ0n) is 8.38. The Balaban J connectivity index is 2.87. The Morgan fingerprint density at radius 1 is 1.15 bits per heavy atom. The highest BCUT2D eigenvalue weighted by Crippen LogP contribution is 1.92.